The van der Waals surface area contributed by atoms with Gasteiger partial charge >= 0.3 is 0 Å². The summed E-state index contributed by atoms with van der Waals surface area (Å²) in [6.07, 6.45) is 1.15. The molecule has 0 aliphatic carbocycles. The van der Waals surface area contributed by atoms with E-state index in [9.17, 15) is 0 Å². The van der Waals surface area contributed by atoms with E-state index >= 15 is 0 Å². The molecule has 5 heteroatoms. The van der Waals surface area contributed by atoms with Crippen LogP contribution in [0.5, 0.6) is 0 Å². The Hall–Kier alpha value is -2.27. The Balaban J connectivity index is 1.58. The Morgan fingerprint density at radius 1 is 1.00 bits per heavy atom. The second-order valence-electron chi connectivity index (χ2n) is 5.46. The molecule has 0 radical (unpaired) electrons. The summed E-state index contributed by atoms with van der Waals surface area (Å²) in [5.74, 6) is 2.38. The monoisotopic (exact) mass is 323 g/mol. The number of rotatable bonds is 3. The lowest BCUT2D eigenvalue weighted by atomic mass is 10.2. The van der Waals surface area contributed by atoms with E-state index in [2.05, 4.69) is 39.4 Å². The fourth-order valence-corrected chi connectivity index (χ4v) is 3.75. The number of thioether (sulfide) groups is 1. The van der Waals surface area contributed by atoms with Crippen LogP contribution in [0.4, 0.5) is 5.69 Å². The molecule has 1 aromatic heterocycles. The Morgan fingerprint density at radius 2 is 1.83 bits per heavy atom. The summed E-state index contributed by atoms with van der Waals surface area (Å²) in [4.78, 5) is 3.66. The van der Waals surface area contributed by atoms with E-state index in [0.717, 1.165) is 24.3 Å². The molecule has 0 N–H and O–H groups in total. The molecule has 0 unspecified atom stereocenters. The normalized spacial score (nSPS) is 14.3. The van der Waals surface area contributed by atoms with Crippen molar-refractivity contribution in [2.24, 2.45) is 0 Å². The molecule has 0 atom stereocenters. The third kappa shape index (κ3) is 3.10. The van der Waals surface area contributed by atoms with Crippen molar-refractivity contribution in [2.45, 2.75) is 17.9 Å². The van der Waals surface area contributed by atoms with Gasteiger partial charge in [0, 0.05) is 17.0 Å². The van der Waals surface area contributed by atoms with Gasteiger partial charge in [-0.05, 0) is 36.4 Å². The van der Waals surface area contributed by atoms with Crippen molar-refractivity contribution in [1.82, 2.24) is 10.2 Å². The first-order valence-corrected chi connectivity index (χ1v) is 8.73. The van der Waals surface area contributed by atoms with E-state index in [0.29, 0.717) is 18.3 Å². The molecule has 2 heterocycles. The van der Waals surface area contributed by atoms with E-state index in [1.54, 1.807) is 0 Å². The van der Waals surface area contributed by atoms with Crippen molar-refractivity contribution in [3.63, 3.8) is 0 Å². The molecule has 0 saturated carbocycles. The minimum absolute atomic E-state index is 0.582. The molecular formula is C18H17N3OS. The van der Waals surface area contributed by atoms with Gasteiger partial charge in [-0.1, -0.05) is 30.3 Å². The van der Waals surface area contributed by atoms with Crippen molar-refractivity contribution < 1.29 is 4.42 Å². The summed E-state index contributed by atoms with van der Waals surface area (Å²) in [6, 6.07) is 18.4. The van der Waals surface area contributed by atoms with Crippen LogP contribution < -0.4 is 4.90 Å². The summed E-state index contributed by atoms with van der Waals surface area (Å²) < 4.78 is 5.86. The zero-order valence-electron chi connectivity index (χ0n) is 12.7. The summed E-state index contributed by atoms with van der Waals surface area (Å²) in [6.45, 7) is 1.66. The first-order chi connectivity index (χ1) is 11.4. The highest BCUT2D eigenvalue weighted by Crippen LogP contribution is 2.34. The van der Waals surface area contributed by atoms with Crippen LogP contribution in [0.25, 0.3) is 11.5 Å². The smallest absolute Gasteiger partial charge is 0.247 e. The number of benzene rings is 2. The van der Waals surface area contributed by atoms with Crippen LogP contribution >= 0.6 is 11.8 Å². The Bertz CT molecular complexity index is 788. The highest BCUT2D eigenvalue weighted by molar-refractivity contribution is 7.99. The minimum atomic E-state index is 0.582. The maximum absolute atomic E-state index is 5.86. The molecule has 0 saturated heterocycles. The average Bonchev–Trinajstić information content (AvgIpc) is 2.98. The van der Waals surface area contributed by atoms with Crippen LogP contribution in [0.3, 0.4) is 0 Å². The maximum Gasteiger partial charge on any atom is 0.247 e. The predicted octanol–water partition coefficient (Wildman–Crippen LogP) is 4.24. The lowest BCUT2D eigenvalue weighted by Crippen LogP contribution is -2.23. The molecule has 1 aliphatic heterocycles. The van der Waals surface area contributed by atoms with E-state index in [4.69, 9.17) is 4.42 Å². The zero-order chi connectivity index (χ0) is 15.5. The topological polar surface area (TPSA) is 42.2 Å². The highest BCUT2D eigenvalue weighted by atomic mass is 32.2. The Morgan fingerprint density at radius 3 is 2.74 bits per heavy atom. The second-order valence-corrected chi connectivity index (χ2v) is 6.60. The summed E-state index contributed by atoms with van der Waals surface area (Å²) in [5, 5.41) is 8.41. The predicted molar refractivity (Wildman–Crippen MR) is 92.6 cm³/mol. The van der Waals surface area contributed by atoms with Crippen LogP contribution in [-0.2, 0) is 6.54 Å². The fourth-order valence-electron chi connectivity index (χ4n) is 2.74. The lowest BCUT2D eigenvalue weighted by molar-refractivity contribution is 0.497. The van der Waals surface area contributed by atoms with E-state index < -0.39 is 0 Å². The number of nitrogens with zero attached hydrogens (tertiary/aromatic N) is 3. The summed E-state index contributed by atoms with van der Waals surface area (Å²) in [5.41, 5.74) is 2.22. The molecule has 0 spiro atoms. The van der Waals surface area contributed by atoms with Crippen molar-refractivity contribution >= 4 is 17.4 Å². The lowest BCUT2D eigenvalue weighted by Gasteiger charge is -2.22. The van der Waals surface area contributed by atoms with Crippen molar-refractivity contribution in [3.8, 4) is 11.5 Å². The van der Waals surface area contributed by atoms with Crippen molar-refractivity contribution in [1.29, 1.82) is 0 Å². The average molecular weight is 323 g/mol. The SMILES string of the molecule is c1ccc(-c2nnc(CN3CCCSc4ccccc43)o2)cc1. The maximum atomic E-state index is 5.86. The van der Waals surface area contributed by atoms with E-state index in [1.165, 1.54) is 10.6 Å². The zero-order valence-corrected chi connectivity index (χ0v) is 13.5. The molecule has 3 aromatic rings. The van der Waals surface area contributed by atoms with Crippen LogP contribution in [0.2, 0.25) is 0 Å². The Kier molecular flexibility index (Phi) is 4.03. The first kappa shape index (κ1) is 14.3. The van der Waals surface area contributed by atoms with Gasteiger partial charge in [-0.15, -0.1) is 22.0 Å². The van der Waals surface area contributed by atoms with Crippen LogP contribution in [0, 0.1) is 0 Å². The van der Waals surface area contributed by atoms with Gasteiger partial charge in [0.25, 0.3) is 0 Å². The molecular weight excluding hydrogens is 306 g/mol. The van der Waals surface area contributed by atoms with Crippen molar-refractivity contribution in [3.05, 3.63) is 60.5 Å². The number of hydrogen-bond donors (Lipinski definition) is 0. The molecule has 23 heavy (non-hydrogen) atoms. The molecule has 0 amide bonds. The van der Waals surface area contributed by atoms with Gasteiger partial charge in [0.15, 0.2) is 0 Å². The van der Waals surface area contributed by atoms with Gasteiger partial charge < -0.3 is 9.32 Å². The number of anilines is 1. The van der Waals surface area contributed by atoms with E-state index in [1.807, 2.05) is 42.1 Å². The summed E-state index contributed by atoms with van der Waals surface area (Å²) in [7, 11) is 0. The number of hydrogen-bond acceptors (Lipinski definition) is 5. The van der Waals surface area contributed by atoms with Crippen LogP contribution in [0.1, 0.15) is 12.3 Å². The van der Waals surface area contributed by atoms with Gasteiger partial charge in [-0.25, -0.2) is 0 Å². The largest absolute Gasteiger partial charge is 0.419 e. The fraction of sp³-hybridized carbons (Fsp3) is 0.222. The molecule has 0 fully saturated rings. The van der Waals surface area contributed by atoms with Crippen LogP contribution in [0.15, 0.2) is 63.9 Å². The first-order valence-electron chi connectivity index (χ1n) is 7.75. The number of aromatic nitrogens is 2. The molecule has 1 aliphatic rings. The second kappa shape index (κ2) is 6.46. The quantitative estimate of drug-likeness (QED) is 0.721. The van der Waals surface area contributed by atoms with Gasteiger partial charge in [0.1, 0.15) is 0 Å². The van der Waals surface area contributed by atoms with Gasteiger partial charge in [-0.3, -0.25) is 0 Å². The third-order valence-electron chi connectivity index (χ3n) is 3.85. The number of fused-ring (bicyclic) bond motifs is 1. The molecule has 4 rings (SSSR count). The van der Waals surface area contributed by atoms with Crippen molar-refractivity contribution in [2.75, 3.05) is 17.2 Å². The number of para-hydroxylation sites is 1. The molecule has 4 nitrogen and oxygen atoms in total. The molecule has 2 aromatic carbocycles. The Labute approximate surface area is 139 Å². The van der Waals surface area contributed by atoms with Crippen LogP contribution in [-0.4, -0.2) is 22.5 Å². The van der Waals surface area contributed by atoms with Gasteiger partial charge in [0.2, 0.25) is 11.8 Å². The molecule has 116 valence electrons. The van der Waals surface area contributed by atoms with E-state index in [-0.39, 0.29) is 0 Å². The highest BCUT2D eigenvalue weighted by Gasteiger charge is 2.18. The summed E-state index contributed by atoms with van der Waals surface area (Å²) >= 11 is 1.92. The standard InChI is InChI=1S/C18H17N3OS/c1-2-7-14(8-3-1)18-20-19-17(22-18)13-21-11-6-12-23-16-10-5-4-9-15(16)21/h1-5,7-10H,6,11-13H2. The van der Waals surface area contributed by atoms with Gasteiger partial charge in [-0.2, -0.15) is 0 Å². The van der Waals surface area contributed by atoms with Gasteiger partial charge in [0.05, 0.1) is 12.2 Å². The third-order valence-corrected chi connectivity index (χ3v) is 5.00. The molecule has 0 bridgehead atoms. The minimum Gasteiger partial charge on any atom is -0.419 e.